The van der Waals surface area contributed by atoms with Gasteiger partial charge in [0, 0.05) is 63.3 Å². The van der Waals surface area contributed by atoms with E-state index < -0.39 is 0 Å². The normalized spacial score (nSPS) is 16.2. The van der Waals surface area contributed by atoms with Crippen molar-refractivity contribution >= 4 is 24.2 Å². The van der Waals surface area contributed by atoms with Crippen molar-refractivity contribution in [3.8, 4) is 0 Å². The Balaban J connectivity index is 0.00000300. The zero-order chi connectivity index (χ0) is 20.1. The van der Waals surface area contributed by atoms with Crippen molar-refractivity contribution < 1.29 is 9.59 Å². The summed E-state index contributed by atoms with van der Waals surface area (Å²) in [6.07, 6.45) is 4.57. The van der Waals surface area contributed by atoms with Crippen LogP contribution in [0.3, 0.4) is 0 Å². The summed E-state index contributed by atoms with van der Waals surface area (Å²) < 4.78 is 1.95. The van der Waals surface area contributed by atoms with Crippen LogP contribution < -0.4 is 5.32 Å². The van der Waals surface area contributed by atoms with E-state index in [1.54, 1.807) is 30.5 Å². The number of halogens is 1. The number of amides is 2. The SMILES string of the molecule is CCCN(CC)C(=O)c1ccc(C(=O)N2CCNCC2c2nccn2C)cc1.Cl. The summed E-state index contributed by atoms with van der Waals surface area (Å²) in [5, 5.41) is 3.34. The zero-order valence-electron chi connectivity index (χ0n) is 17.3. The molecular weight excluding hydrogens is 390 g/mol. The predicted octanol–water partition coefficient (Wildman–Crippen LogP) is 2.50. The minimum Gasteiger partial charge on any atom is -0.339 e. The van der Waals surface area contributed by atoms with E-state index in [2.05, 4.69) is 17.2 Å². The molecule has 1 saturated heterocycles. The molecule has 1 aromatic heterocycles. The van der Waals surface area contributed by atoms with Crippen LogP contribution in [0.2, 0.25) is 0 Å². The molecule has 1 unspecified atom stereocenters. The average molecular weight is 420 g/mol. The van der Waals surface area contributed by atoms with Crippen LogP contribution >= 0.6 is 12.4 Å². The van der Waals surface area contributed by atoms with E-state index in [-0.39, 0.29) is 30.3 Å². The summed E-state index contributed by atoms with van der Waals surface area (Å²) in [7, 11) is 1.94. The number of benzene rings is 1. The highest BCUT2D eigenvalue weighted by Crippen LogP contribution is 2.23. The Morgan fingerprint density at radius 1 is 1.21 bits per heavy atom. The van der Waals surface area contributed by atoms with Crippen molar-refractivity contribution in [2.24, 2.45) is 7.05 Å². The van der Waals surface area contributed by atoms with E-state index in [1.165, 1.54) is 0 Å². The summed E-state index contributed by atoms with van der Waals surface area (Å²) in [6.45, 7) is 7.51. The largest absolute Gasteiger partial charge is 0.339 e. The van der Waals surface area contributed by atoms with Gasteiger partial charge in [0.2, 0.25) is 0 Å². The Morgan fingerprint density at radius 2 is 1.90 bits per heavy atom. The summed E-state index contributed by atoms with van der Waals surface area (Å²) >= 11 is 0. The first-order valence-corrected chi connectivity index (χ1v) is 9.95. The maximum absolute atomic E-state index is 13.2. The molecule has 3 rings (SSSR count). The number of hydrogen-bond donors (Lipinski definition) is 1. The van der Waals surface area contributed by atoms with Crippen LogP contribution in [0, 0.1) is 0 Å². The predicted molar refractivity (Wildman–Crippen MR) is 115 cm³/mol. The van der Waals surface area contributed by atoms with Crippen LogP contribution in [0.25, 0.3) is 0 Å². The molecule has 29 heavy (non-hydrogen) atoms. The Morgan fingerprint density at radius 3 is 2.48 bits per heavy atom. The van der Waals surface area contributed by atoms with Crippen LogP contribution in [0.5, 0.6) is 0 Å². The maximum atomic E-state index is 13.2. The van der Waals surface area contributed by atoms with Gasteiger partial charge in [0.1, 0.15) is 11.9 Å². The first-order valence-electron chi connectivity index (χ1n) is 9.95. The number of rotatable bonds is 6. The molecule has 7 nitrogen and oxygen atoms in total. The second-order valence-corrected chi connectivity index (χ2v) is 7.08. The summed E-state index contributed by atoms with van der Waals surface area (Å²) in [6, 6.07) is 6.92. The Bertz CT molecular complexity index is 821. The van der Waals surface area contributed by atoms with Gasteiger partial charge in [-0.05, 0) is 37.6 Å². The molecule has 0 aliphatic carbocycles. The van der Waals surface area contributed by atoms with Crippen LogP contribution in [0.4, 0.5) is 0 Å². The molecule has 1 aliphatic heterocycles. The number of nitrogens with one attached hydrogen (secondary N) is 1. The average Bonchev–Trinajstić information content (AvgIpc) is 3.16. The molecular formula is C21H30ClN5O2. The second-order valence-electron chi connectivity index (χ2n) is 7.08. The molecule has 1 atom stereocenters. The summed E-state index contributed by atoms with van der Waals surface area (Å²) in [5.41, 5.74) is 1.21. The summed E-state index contributed by atoms with van der Waals surface area (Å²) in [5.74, 6) is 0.844. The molecule has 0 saturated carbocycles. The molecule has 2 amide bonds. The fraction of sp³-hybridized carbons (Fsp3) is 0.476. The smallest absolute Gasteiger partial charge is 0.254 e. The number of piperazine rings is 1. The van der Waals surface area contributed by atoms with Crippen molar-refractivity contribution in [2.45, 2.75) is 26.3 Å². The molecule has 1 fully saturated rings. The lowest BCUT2D eigenvalue weighted by atomic mass is 10.1. The van der Waals surface area contributed by atoms with Gasteiger partial charge in [-0.1, -0.05) is 6.92 Å². The quantitative estimate of drug-likeness (QED) is 0.780. The highest BCUT2D eigenvalue weighted by Gasteiger charge is 2.31. The third-order valence-electron chi connectivity index (χ3n) is 5.20. The zero-order valence-corrected chi connectivity index (χ0v) is 18.1. The number of imidazole rings is 1. The van der Waals surface area contributed by atoms with Crippen LogP contribution in [0.15, 0.2) is 36.7 Å². The summed E-state index contributed by atoms with van der Waals surface area (Å²) in [4.78, 5) is 33.9. The van der Waals surface area contributed by atoms with Crippen molar-refractivity contribution in [2.75, 3.05) is 32.7 Å². The standard InChI is InChI=1S/C21H29N5O2.ClH/c1-4-12-25(5-2)20(27)16-6-8-17(9-7-16)21(28)26-14-10-22-15-18(26)19-23-11-13-24(19)3;/h6-9,11,13,18,22H,4-5,10,12,14-15H2,1-3H3;1H. The molecule has 1 N–H and O–H groups in total. The maximum Gasteiger partial charge on any atom is 0.254 e. The van der Waals surface area contributed by atoms with E-state index >= 15 is 0 Å². The first-order chi connectivity index (χ1) is 13.6. The highest BCUT2D eigenvalue weighted by molar-refractivity contribution is 5.98. The number of nitrogens with zero attached hydrogens (tertiary/aromatic N) is 4. The second kappa shape index (κ2) is 10.4. The van der Waals surface area contributed by atoms with Crippen molar-refractivity contribution in [1.82, 2.24) is 24.7 Å². The van der Waals surface area contributed by atoms with Crippen LogP contribution in [-0.2, 0) is 7.05 Å². The number of carbonyl (C=O) groups excluding carboxylic acids is 2. The molecule has 2 aromatic rings. The van der Waals surface area contributed by atoms with Crippen molar-refractivity contribution in [3.05, 3.63) is 53.6 Å². The van der Waals surface area contributed by atoms with E-state index in [1.807, 2.05) is 34.5 Å². The van der Waals surface area contributed by atoms with Crippen molar-refractivity contribution in [3.63, 3.8) is 0 Å². The molecule has 2 heterocycles. The van der Waals surface area contributed by atoms with Crippen LogP contribution in [-0.4, -0.2) is 63.9 Å². The lowest BCUT2D eigenvalue weighted by molar-refractivity contribution is 0.0620. The van der Waals surface area contributed by atoms with E-state index in [4.69, 9.17) is 0 Å². The molecule has 0 bridgehead atoms. The van der Waals surface area contributed by atoms with Gasteiger partial charge < -0.3 is 19.7 Å². The molecule has 1 aliphatic rings. The Labute approximate surface area is 178 Å². The van der Waals surface area contributed by atoms with E-state index in [0.29, 0.717) is 30.8 Å². The minimum absolute atomic E-state index is 0. The molecule has 1 aromatic carbocycles. The number of carbonyl (C=O) groups is 2. The Hall–Kier alpha value is -2.38. The third kappa shape index (κ3) is 4.97. The van der Waals surface area contributed by atoms with E-state index in [9.17, 15) is 9.59 Å². The third-order valence-corrected chi connectivity index (χ3v) is 5.20. The molecule has 0 spiro atoms. The van der Waals surface area contributed by atoms with Gasteiger partial charge in [-0.15, -0.1) is 12.4 Å². The molecule has 0 radical (unpaired) electrons. The topological polar surface area (TPSA) is 70.5 Å². The number of aromatic nitrogens is 2. The number of aryl methyl sites for hydroxylation is 1. The fourth-order valence-corrected chi connectivity index (χ4v) is 3.65. The fourth-order valence-electron chi connectivity index (χ4n) is 3.65. The van der Waals surface area contributed by atoms with E-state index in [0.717, 1.165) is 25.3 Å². The van der Waals surface area contributed by atoms with Gasteiger partial charge in [-0.2, -0.15) is 0 Å². The van der Waals surface area contributed by atoms with Crippen LogP contribution in [0.1, 0.15) is 52.9 Å². The van der Waals surface area contributed by atoms with Gasteiger partial charge >= 0.3 is 0 Å². The lowest BCUT2D eigenvalue weighted by Gasteiger charge is -2.35. The molecule has 158 valence electrons. The van der Waals surface area contributed by atoms with Gasteiger partial charge in [-0.3, -0.25) is 9.59 Å². The van der Waals surface area contributed by atoms with Crippen molar-refractivity contribution in [1.29, 1.82) is 0 Å². The monoisotopic (exact) mass is 419 g/mol. The highest BCUT2D eigenvalue weighted by atomic mass is 35.5. The Kier molecular flexibility index (Phi) is 8.22. The van der Waals surface area contributed by atoms with Gasteiger partial charge in [-0.25, -0.2) is 4.98 Å². The van der Waals surface area contributed by atoms with Gasteiger partial charge in [0.15, 0.2) is 0 Å². The minimum atomic E-state index is -0.109. The first kappa shape index (κ1) is 22.9. The lowest BCUT2D eigenvalue weighted by Crippen LogP contribution is -2.49. The number of hydrogen-bond acceptors (Lipinski definition) is 4. The van der Waals surface area contributed by atoms with Gasteiger partial charge in [0.25, 0.3) is 11.8 Å². The molecule has 8 heteroatoms. The van der Waals surface area contributed by atoms with Gasteiger partial charge in [0.05, 0.1) is 0 Å².